The fourth-order valence-electron chi connectivity index (χ4n) is 2.02. The lowest BCUT2D eigenvalue weighted by molar-refractivity contribution is -0.383. The van der Waals surface area contributed by atoms with Crippen LogP contribution in [0.1, 0.15) is 19.9 Å². The zero-order chi connectivity index (χ0) is 14.2. The lowest BCUT2D eigenvalue weighted by Gasteiger charge is -2.19. The molecule has 0 aliphatic rings. The van der Waals surface area contributed by atoms with E-state index in [9.17, 15) is 14.9 Å². The monoisotopic (exact) mass is 259 g/mol. The van der Waals surface area contributed by atoms with E-state index < -0.39 is 4.92 Å². The van der Waals surface area contributed by atoms with E-state index >= 15 is 0 Å². The van der Waals surface area contributed by atoms with Gasteiger partial charge in [-0.1, -0.05) is 19.9 Å². The van der Waals surface area contributed by atoms with Gasteiger partial charge in [0.1, 0.15) is 0 Å². The van der Waals surface area contributed by atoms with Crippen LogP contribution >= 0.6 is 0 Å². The molecule has 5 nitrogen and oxygen atoms in total. The van der Waals surface area contributed by atoms with Crippen LogP contribution in [0, 0.1) is 23.0 Å². The Hall–Kier alpha value is -2.17. The smallest absolute Gasteiger partial charge is 0.277 e. The van der Waals surface area contributed by atoms with Gasteiger partial charge in [-0.15, -0.1) is 0 Å². The first-order valence-electron chi connectivity index (χ1n) is 6.05. The van der Waals surface area contributed by atoms with Crippen molar-refractivity contribution < 1.29 is 4.92 Å². The van der Waals surface area contributed by atoms with Gasteiger partial charge in [0.15, 0.2) is 0 Å². The van der Waals surface area contributed by atoms with Crippen LogP contribution in [-0.4, -0.2) is 9.49 Å². The van der Waals surface area contributed by atoms with Crippen LogP contribution in [0.5, 0.6) is 0 Å². The number of hydrogen-bond donors (Lipinski definition) is 0. The highest BCUT2D eigenvalue weighted by atomic mass is 16.6. The number of rotatable bonds is 3. The molecule has 0 amide bonds. The van der Waals surface area contributed by atoms with E-state index in [-0.39, 0.29) is 23.2 Å². The molecule has 1 radical (unpaired) electrons. The molecular weight excluding hydrogens is 244 g/mol. The molecule has 0 fully saturated rings. The average Bonchev–Trinajstić information content (AvgIpc) is 2.37. The van der Waals surface area contributed by atoms with E-state index in [0.717, 1.165) is 0 Å². The maximum Gasteiger partial charge on any atom is 0.277 e. The summed E-state index contributed by atoms with van der Waals surface area (Å²) in [5.74, 6) is 0.203. The molecule has 0 aliphatic carbocycles. The lowest BCUT2D eigenvalue weighted by atomic mass is 10.1. The Kier molecular flexibility index (Phi) is 3.38. The Bertz CT molecular complexity index is 689. The van der Waals surface area contributed by atoms with Gasteiger partial charge in [-0.05, 0) is 25.0 Å². The van der Waals surface area contributed by atoms with Crippen LogP contribution in [0.25, 0.3) is 10.8 Å². The standard InChI is InChI=1S/C14H15N2O3/c1-9(2)10(3)15-8-7-11-12(14(15)17)5-4-6-13(11)16(18)19/h4-10H,3H2,1-2H3/t10-/m1/s1. The average molecular weight is 259 g/mol. The minimum atomic E-state index is -0.476. The second kappa shape index (κ2) is 4.84. The first-order chi connectivity index (χ1) is 8.93. The molecule has 0 unspecified atom stereocenters. The third-order valence-corrected chi connectivity index (χ3v) is 3.27. The number of aromatic nitrogens is 1. The molecule has 0 N–H and O–H groups in total. The van der Waals surface area contributed by atoms with Crippen LogP contribution in [0.15, 0.2) is 35.3 Å². The molecule has 0 spiro atoms. The zero-order valence-electron chi connectivity index (χ0n) is 10.9. The number of nitrogens with zero attached hydrogens (tertiary/aromatic N) is 2. The van der Waals surface area contributed by atoms with Crippen molar-refractivity contribution in [1.82, 2.24) is 4.57 Å². The number of nitro benzene ring substituents is 1. The third-order valence-electron chi connectivity index (χ3n) is 3.27. The van der Waals surface area contributed by atoms with Crippen molar-refractivity contribution in [3.63, 3.8) is 0 Å². The van der Waals surface area contributed by atoms with Crippen LogP contribution in [0.2, 0.25) is 0 Å². The van der Waals surface area contributed by atoms with Gasteiger partial charge in [0, 0.05) is 18.3 Å². The largest absolute Gasteiger partial charge is 0.312 e. The Morgan fingerprint density at radius 2 is 1.95 bits per heavy atom. The molecule has 1 aromatic carbocycles. The minimum Gasteiger partial charge on any atom is -0.312 e. The second-order valence-corrected chi connectivity index (χ2v) is 4.84. The number of nitro groups is 1. The van der Waals surface area contributed by atoms with Crippen molar-refractivity contribution in [3.8, 4) is 0 Å². The minimum absolute atomic E-state index is 0.0492. The molecule has 0 aliphatic heterocycles. The Morgan fingerprint density at radius 1 is 1.26 bits per heavy atom. The van der Waals surface area contributed by atoms with E-state index in [1.165, 1.54) is 16.7 Å². The summed E-state index contributed by atoms with van der Waals surface area (Å²) in [5.41, 5.74) is -0.290. The van der Waals surface area contributed by atoms with Gasteiger partial charge in [0.25, 0.3) is 11.2 Å². The van der Waals surface area contributed by atoms with Crippen LogP contribution in [0.4, 0.5) is 5.69 Å². The van der Waals surface area contributed by atoms with Gasteiger partial charge in [-0.3, -0.25) is 14.9 Å². The molecule has 2 rings (SSSR count). The lowest BCUT2D eigenvalue weighted by Crippen LogP contribution is -2.25. The number of hydrogen-bond acceptors (Lipinski definition) is 3. The van der Waals surface area contributed by atoms with Crippen LogP contribution in [0.3, 0.4) is 0 Å². The molecule has 0 bridgehead atoms. The molecule has 1 atom stereocenters. The predicted octanol–water partition coefficient (Wildman–Crippen LogP) is 2.94. The summed E-state index contributed by atoms with van der Waals surface area (Å²) in [7, 11) is 0. The van der Waals surface area contributed by atoms with Crippen molar-refractivity contribution in [2.24, 2.45) is 5.92 Å². The van der Waals surface area contributed by atoms with Gasteiger partial charge < -0.3 is 4.57 Å². The molecule has 0 saturated carbocycles. The SMILES string of the molecule is [CH2][C@H](C(C)C)n1ccc2c([N+](=O)[O-])cccc2c1=O. The Morgan fingerprint density at radius 3 is 2.53 bits per heavy atom. The Balaban J connectivity index is 2.74. The summed E-state index contributed by atoms with van der Waals surface area (Å²) in [5, 5.41) is 11.7. The van der Waals surface area contributed by atoms with Gasteiger partial charge in [-0.2, -0.15) is 0 Å². The molecule has 1 aromatic heterocycles. The topological polar surface area (TPSA) is 65.1 Å². The number of non-ortho nitro benzene ring substituents is 1. The summed E-state index contributed by atoms with van der Waals surface area (Å²) in [6.45, 7) is 7.91. The zero-order valence-corrected chi connectivity index (χ0v) is 10.9. The number of benzene rings is 1. The molecule has 0 saturated heterocycles. The van der Waals surface area contributed by atoms with Crippen molar-refractivity contribution in [3.05, 3.63) is 57.9 Å². The Labute approximate surface area is 110 Å². The van der Waals surface area contributed by atoms with E-state index in [2.05, 4.69) is 6.92 Å². The number of fused-ring (bicyclic) bond motifs is 1. The molecule has 99 valence electrons. The first kappa shape index (κ1) is 13.3. The molecule has 2 aromatic rings. The molecule has 19 heavy (non-hydrogen) atoms. The summed E-state index contributed by atoms with van der Waals surface area (Å²) < 4.78 is 1.52. The summed E-state index contributed by atoms with van der Waals surface area (Å²) in [4.78, 5) is 22.8. The number of pyridine rings is 1. The summed E-state index contributed by atoms with van der Waals surface area (Å²) in [6, 6.07) is 5.94. The van der Waals surface area contributed by atoms with E-state index in [4.69, 9.17) is 0 Å². The molecule has 5 heteroatoms. The highest BCUT2D eigenvalue weighted by molar-refractivity contribution is 5.89. The normalized spacial score (nSPS) is 12.8. The van der Waals surface area contributed by atoms with Crippen molar-refractivity contribution in [2.45, 2.75) is 19.9 Å². The van der Waals surface area contributed by atoms with Crippen LogP contribution < -0.4 is 5.56 Å². The van der Waals surface area contributed by atoms with Gasteiger partial charge >= 0.3 is 0 Å². The van der Waals surface area contributed by atoms with Crippen LogP contribution in [-0.2, 0) is 0 Å². The molecular formula is C14H15N2O3. The van der Waals surface area contributed by atoms with Crippen molar-refractivity contribution >= 4 is 16.5 Å². The van der Waals surface area contributed by atoms with Crippen molar-refractivity contribution in [1.29, 1.82) is 0 Å². The van der Waals surface area contributed by atoms with E-state index in [1.54, 1.807) is 18.3 Å². The van der Waals surface area contributed by atoms with Gasteiger partial charge in [0.2, 0.25) is 0 Å². The maximum atomic E-state index is 12.3. The van der Waals surface area contributed by atoms with Crippen molar-refractivity contribution in [2.75, 3.05) is 0 Å². The summed E-state index contributed by atoms with van der Waals surface area (Å²) >= 11 is 0. The fraction of sp³-hybridized carbons (Fsp3) is 0.286. The quantitative estimate of drug-likeness (QED) is 0.628. The highest BCUT2D eigenvalue weighted by Gasteiger charge is 2.17. The summed E-state index contributed by atoms with van der Waals surface area (Å²) in [6.07, 6.45) is 1.58. The second-order valence-electron chi connectivity index (χ2n) is 4.84. The molecule has 1 heterocycles. The fourth-order valence-corrected chi connectivity index (χ4v) is 2.02. The highest BCUT2D eigenvalue weighted by Crippen LogP contribution is 2.24. The van der Waals surface area contributed by atoms with Gasteiger partial charge in [-0.25, -0.2) is 0 Å². The maximum absolute atomic E-state index is 12.3. The van der Waals surface area contributed by atoms with Gasteiger partial charge in [0.05, 0.1) is 15.7 Å². The third kappa shape index (κ3) is 2.23. The first-order valence-corrected chi connectivity index (χ1v) is 6.05. The van der Waals surface area contributed by atoms with E-state index in [1.807, 2.05) is 13.8 Å². The predicted molar refractivity (Wildman–Crippen MR) is 74.1 cm³/mol. The van der Waals surface area contributed by atoms with E-state index in [0.29, 0.717) is 10.8 Å².